The van der Waals surface area contributed by atoms with Gasteiger partial charge in [0.1, 0.15) is 0 Å². The van der Waals surface area contributed by atoms with Crippen LogP contribution < -0.4 is 0 Å². The lowest BCUT2D eigenvalue weighted by Gasteiger charge is -2.34. The molecule has 0 aliphatic heterocycles. The topological polar surface area (TPSA) is 29.4 Å². The maximum absolute atomic E-state index is 9.88. The van der Waals surface area contributed by atoms with Gasteiger partial charge in [0, 0.05) is 21.7 Å². The summed E-state index contributed by atoms with van der Waals surface area (Å²) in [6.07, 6.45) is 1.60. The van der Waals surface area contributed by atoms with Gasteiger partial charge in [0.2, 0.25) is 6.08 Å². The fourth-order valence-corrected chi connectivity index (χ4v) is 4.76. The highest BCUT2D eigenvalue weighted by molar-refractivity contribution is 7.40. The van der Waals surface area contributed by atoms with Crippen molar-refractivity contribution < 1.29 is 4.79 Å². The molecule has 12 heavy (non-hydrogen) atoms. The third kappa shape index (κ3) is 3.47. The van der Waals surface area contributed by atoms with Crippen LogP contribution in [-0.4, -0.2) is 27.8 Å². The van der Waals surface area contributed by atoms with E-state index in [1.807, 2.05) is 0 Å². The molecule has 0 rings (SSSR count). The van der Waals surface area contributed by atoms with E-state index in [-0.39, 0.29) is 0 Å². The highest BCUT2D eigenvalue weighted by Gasteiger charge is 2.35. The molecule has 0 saturated heterocycles. The molecule has 0 aliphatic carbocycles. The highest BCUT2D eigenvalue weighted by atomic mass is 29.3. The molecule has 0 unspecified atom stereocenters. The lowest BCUT2D eigenvalue weighted by atomic mass is 10.8. The standard InChI is InChI=1S/C8H19NOSi2/c1-11(2,3)12(4,5)7-6-9-8-10/h6-7H2,1-5H3. The van der Waals surface area contributed by atoms with Gasteiger partial charge in [-0.2, -0.15) is 0 Å². The fourth-order valence-electron chi connectivity index (χ4n) is 0.756. The van der Waals surface area contributed by atoms with Crippen molar-refractivity contribution in [3.63, 3.8) is 0 Å². The van der Waals surface area contributed by atoms with Crippen molar-refractivity contribution in [1.29, 1.82) is 0 Å². The zero-order chi connectivity index (χ0) is 9.83. The highest BCUT2D eigenvalue weighted by Crippen LogP contribution is 2.22. The smallest absolute Gasteiger partial charge is 0.211 e. The van der Waals surface area contributed by atoms with Gasteiger partial charge in [0.05, 0.1) is 0 Å². The Morgan fingerprint density at radius 2 is 1.67 bits per heavy atom. The van der Waals surface area contributed by atoms with Crippen LogP contribution in [-0.2, 0) is 4.79 Å². The second kappa shape index (κ2) is 4.16. The van der Waals surface area contributed by atoms with E-state index >= 15 is 0 Å². The van der Waals surface area contributed by atoms with Crippen molar-refractivity contribution in [2.24, 2.45) is 4.99 Å². The molecule has 0 aromatic carbocycles. The van der Waals surface area contributed by atoms with Crippen LogP contribution in [0.4, 0.5) is 0 Å². The van der Waals surface area contributed by atoms with Crippen molar-refractivity contribution in [2.75, 3.05) is 6.54 Å². The van der Waals surface area contributed by atoms with E-state index < -0.39 is 15.2 Å². The van der Waals surface area contributed by atoms with Crippen molar-refractivity contribution in [1.82, 2.24) is 0 Å². The minimum atomic E-state index is -1.08. The predicted octanol–water partition coefficient (Wildman–Crippen LogP) is 2.45. The van der Waals surface area contributed by atoms with Gasteiger partial charge >= 0.3 is 0 Å². The first-order valence-corrected chi connectivity index (χ1v) is 12.1. The molecule has 0 aromatic rings. The number of hydrogen-bond acceptors (Lipinski definition) is 2. The monoisotopic (exact) mass is 201 g/mol. The Bertz CT molecular complexity index is 190. The molecule has 0 atom stereocenters. The van der Waals surface area contributed by atoms with Crippen LogP contribution in [0.5, 0.6) is 0 Å². The molecular formula is C8H19NOSi2. The normalized spacial score (nSPS) is 12.4. The summed E-state index contributed by atoms with van der Waals surface area (Å²) in [5, 5.41) is 0. The Balaban J connectivity index is 4.13. The van der Waals surface area contributed by atoms with E-state index in [9.17, 15) is 4.79 Å². The lowest BCUT2D eigenvalue weighted by molar-refractivity contribution is 0.563. The van der Waals surface area contributed by atoms with Gasteiger partial charge in [-0.15, -0.1) is 0 Å². The summed E-state index contributed by atoms with van der Waals surface area (Å²) in [5.41, 5.74) is 0. The SMILES string of the molecule is C[Si](C)(C)[Si](C)(C)CCN=C=O. The Labute approximate surface area is 76.9 Å². The summed E-state index contributed by atoms with van der Waals surface area (Å²) >= 11 is 0. The average molecular weight is 201 g/mol. The lowest BCUT2D eigenvalue weighted by Crippen LogP contribution is -2.52. The van der Waals surface area contributed by atoms with Crippen LogP contribution >= 0.6 is 0 Å². The first kappa shape index (κ1) is 11.8. The summed E-state index contributed by atoms with van der Waals surface area (Å²) in [5.74, 6) is 0. The number of rotatable bonds is 4. The molecule has 0 aliphatic rings. The molecule has 0 amide bonds. The molecule has 4 heteroatoms. The molecule has 0 saturated carbocycles. The molecule has 0 spiro atoms. The molecule has 0 bridgehead atoms. The summed E-state index contributed by atoms with van der Waals surface area (Å²) < 4.78 is 0. The van der Waals surface area contributed by atoms with E-state index in [0.29, 0.717) is 6.54 Å². The van der Waals surface area contributed by atoms with Crippen LogP contribution in [0, 0.1) is 0 Å². The van der Waals surface area contributed by atoms with Crippen LogP contribution in [0.3, 0.4) is 0 Å². The maximum atomic E-state index is 9.88. The van der Waals surface area contributed by atoms with E-state index in [0.717, 1.165) is 6.04 Å². The second-order valence-corrected chi connectivity index (χ2v) is 22.2. The quantitative estimate of drug-likeness (QED) is 0.390. The second-order valence-electron chi connectivity index (χ2n) is 4.86. The molecule has 0 aromatic heterocycles. The van der Waals surface area contributed by atoms with Crippen LogP contribution in [0.15, 0.2) is 4.99 Å². The van der Waals surface area contributed by atoms with Gasteiger partial charge in [-0.05, 0) is 6.04 Å². The largest absolute Gasteiger partial charge is 0.234 e. The van der Waals surface area contributed by atoms with Gasteiger partial charge < -0.3 is 0 Å². The van der Waals surface area contributed by atoms with Crippen molar-refractivity contribution in [3.8, 4) is 0 Å². The number of isocyanates is 1. The number of aliphatic imine (C=N–C) groups is 1. The number of hydrogen-bond donors (Lipinski definition) is 0. The number of nitrogens with zero attached hydrogens (tertiary/aromatic N) is 1. The molecular weight excluding hydrogens is 182 g/mol. The first-order valence-electron chi connectivity index (χ1n) is 4.35. The molecule has 70 valence electrons. The molecule has 0 N–H and O–H groups in total. The summed E-state index contributed by atoms with van der Waals surface area (Å²) in [6, 6.07) is 1.14. The van der Waals surface area contributed by atoms with Crippen molar-refractivity contribution in [2.45, 2.75) is 38.8 Å². The van der Waals surface area contributed by atoms with Crippen LogP contribution in [0.1, 0.15) is 0 Å². The summed E-state index contributed by atoms with van der Waals surface area (Å²) in [7, 11) is -2.06. The number of carbonyl (C=O) groups excluding carboxylic acids is 1. The Morgan fingerprint density at radius 3 is 2.00 bits per heavy atom. The Hall–Kier alpha value is -0.186. The summed E-state index contributed by atoms with van der Waals surface area (Å²) in [4.78, 5) is 13.5. The third-order valence-electron chi connectivity index (χ3n) is 2.94. The van der Waals surface area contributed by atoms with Crippen LogP contribution in [0.25, 0.3) is 0 Å². The van der Waals surface area contributed by atoms with E-state index in [1.54, 1.807) is 6.08 Å². The summed E-state index contributed by atoms with van der Waals surface area (Å²) in [6.45, 7) is 12.7. The fraction of sp³-hybridized carbons (Fsp3) is 0.875. The maximum Gasteiger partial charge on any atom is 0.234 e. The zero-order valence-electron chi connectivity index (χ0n) is 8.77. The van der Waals surface area contributed by atoms with Crippen molar-refractivity contribution in [3.05, 3.63) is 0 Å². The van der Waals surface area contributed by atoms with E-state index in [2.05, 4.69) is 37.7 Å². The van der Waals surface area contributed by atoms with Gasteiger partial charge in [0.15, 0.2) is 0 Å². The average Bonchev–Trinajstić information content (AvgIpc) is 1.85. The minimum absolute atomic E-state index is 0.687. The van der Waals surface area contributed by atoms with Crippen molar-refractivity contribution >= 4 is 21.3 Å². The first-order chi connectivity index (χ1) is 5.31. The van der Waals surface area contributed by atoms with Crippen LogP contribution in [0.2, 0.25) is 38.8 Å². The minimum Gasteiger partial charge on any atom is -0.211 e. The van der Waals surface area contributed by atoms with Gasteiger partial charge in [-0.3, -0.25) is 0 Å². The van der Waals surface area contributed by atoms with E-state index in [1.165, 1.54) is 0 Å². The third-order valence-corrected chi connectivity index (χ3v) is 21.4. The molecule has 2 nitrogen and oxygen atoms in total. The Morgan fingerprint density at radius 1 is 1.17 bits per heavy atom. The van der Waals surface area contributed by atoms with Gasteiger partial charge in [-0.25, -0.2) is 9.79 Å². The van der Waals surface area contributed by atoms with Gasteiger partial charge in [0.25, 0.3) is 0 Å². The predicted molar refractivity (Wildman–Crippen MR) is 58.6 cm³/mol. The molecule has 0 radical (unpaired) electrons. The van der Waals surface area contributed by atoms with Gasteiger partial charge in [-0.1, -0.05) is 32.7 Å². The Kier molecular flexibility index (Phi) is 4.10. The zero-order valence-corrected chi connectivity index (χ0v) is 10.8. The van der Waals surface area contributed by atoms with E-state index in [4.69, 9.17) is 0 Å². The molecule has 0 fully saturated rings. The molecule has 0 heterocycles.